The second-order valence-electron chi connectivity index (χ2n) is 5.34. The molecule has 0 saturated carbocycles. The lowest BCUT2D eigenvalue weighted by Gasteiger charge is -2.10. The standard InChI is InChI=1S/C18H13N3.C2H6/c1-11-12(2)21-17-6-4-3-5-16(17)20-18(21)14-8-7-13(10-19)9-15(11)14;1-2/h3-9H,1-2H3;1-2H3. The highest BCUT2D eigenvalue weighted by atomic mass is 15.0. The van der Waals surface area contributed by atoms with Crippen molar-refractivity contribution in [2.24, 2.45) is 0 Å². The highest BCUT2D eigenvalue weighted by Crippen LogP contribution is 2.30. The van der Waals surface area contributed by atoms with Crippen molar-refractivity contribution >= 4 is 27.5 Å². The zero-order chi connectivity index (χ0) is 16.6. The van der Waals surface area contributed by atoms with Gasteiger partial charge in [-0.2, -0.15) is 5.26 Å². The molecular formula is C20H19N3. The Morgan fingerprint density at radius 2 is 1.74 bits per heavy atom. The van der Waals surface area contributed by atoms with Crippen molar-refractivity contribution in [1.82, 2.24) is 9.38 Å². The van der Waals surface area contributed by atoms with Gasteiger partial charge in [0.2, 0.25) is 0 Å². The number of imidazole rings is 1. The number of pyridine rings is 1. The molecule has 2 heterocycles. The first-order valence-electron chi connectivity index (χ1n) is 7.91. The Bertz CT molecular complexity index is 1070. The zero-order valence-electron chi connectivity index (χ0n) is 13.9. The first-order valence-corrected chi connectivity index (χ1v) is 7.91. The summed E-state index contributed by atoms with van der Waals surface area (Å²) in [4.78, 5) is 4.78. The highest BCUT2D eigenvalue weighted by Gasteiger charge is 2.13. The number of aromatic nitrogens is 2. The number of hydrogen-bond donors (Lipinski definition) is 0. The Kier molecular flexibility index (Phi) is 3.75. The Morgan fingerprint density at radius 3 is 2.48 bits per heavy atom. The molecule has 0 aliphatic heterocycles. The van der Waals surface area contributed by atoms with Gasteiger partial charge >= 0.3 is 0 Å². The topological polar surface area (TPSA) is 41.1 Å². The van der Waals surface area contributed by atoms with Gasteiger partial charge in [-0.3, -0.25) is 4.40 Å². The highest BCUT2D eigenvalue weighted by molar-refractivity contribution is 6.01. The van der Waals surface area contributed by atoms with E-state index in [0.717, 1.165) is 27.5 Å². The molecule has 2 aromatic carbocycles. The van der Waals surface area contributed by atoms with Crippen LogP contribution in [-0.2, 0) is 0 Å². The lowest BCUT2D eigenvalue weighted by molar-refractivity contribution is 1.11. The van der Waals surface area contributed by atoms with Gasteiger partial charge in [-0.1, -0.05) is 26.0 Å². The van der Waals surface area contributed by atoms with Gasteiger partial charge in [0.15, 0.2) is 0 Å². The van der Waals surface area contributed by atoms with Crippen LogP contribution in [0.15, 0.2) is 42.5 Å². The SMILES string of the molecule is CC.Cc1c(C)n2c3ccccc3nc2c2ccc(C#N)cc12. The van der Waals surface area contributed by atoms with Gasteiger partial charge in [-0.05, 0) is 55.1 Å². The molecule has 114 valence electrons. The lowest BCUT2D eigenvalue weighted by Crippen LogP contribution is -1.97. The first-order chi connectivity index (χ1) is 11.2. The Morgan fingerprint density at radius 1 is 1.00 bits per heavy atom. The molecule has 0 aliphatic carbocycles. The molecule has 0 amide bonds. The Hall–Kier alpha value is -2.86. The van der Waals surface area contributed by atoms with E-state index in [-0.39, 0.29) is 0 Å². The zero-order valence-corrected chi connectivity index (χ0v) is 13.9. The van der Waals surface area contributed by atoms with Crippen molar-refractivity contribution in [2.75, 3.05) is 0 Å². The van der Waals surface area contributed by atoms with Crippen LogP contribution in [0.4, 0.5) is 0 Å². The minimum absolute atomic E-state index is 0.686. The minimum atomic E-state index is 0.686. The molecule has 0 aliphatic rings. The largest absolute Gasteiger partial charge is 0.296 e. The van der Waals surface area contributed by atoms with Gasteiger partial charge in [-0.15, -0.1) is 0 Å². The summed E-state index contributed by atoms with van der Waals surface area (Å²) in [6, 6.07) is 16.2. The number of fused-ring (bicyclic) bond motifs is 5. The van der Waals surface area contributed by atoms with Crippen molar-refractivity contribution in [3.63, 3.8) is 0 Å². The number of nitriles is 1. The van der Waals surface area contributed by atoms with E-state index in [2.05, 4.69) is 30.4 Å². The summed E-state index contributed by atoms with van der Waals surface area (Å²) in [5.41, 5.74) is 6.12. The third-order valence-corrected chi connectivity index (χ3v) is 4.23. The molecule has 0 spiro atoms. The fourth-order valence-electron chi connectivity index (χ4n) is 3.03. The number of nitrogens with zero attached hydrogens (tertiary/aromatic N) is 3. The van der Waals surface area contributed by atoms with Crippen LogP contribution < -0.4 is 0 Å². The van der Waals surface area contributed by atoms with Crippen molar-refractivity contribution < 1.29 is 0 Å². The third-order valence-electron chi connectivity index (χ3n) is 4.23. The molecule has 2 aromatic heterocycles. The molecule has 0 unspecified atom stereocenters. The van der Waals surface area contributed by atoms with E-state index in [1.165, 1.54) is 11.3 Å². The van der Waals surface area contributed by atoms with Crippen LogP contribution in [0.2, 0.25) is 0 Å². The van der Waals surface area contributed by atoms with Gasteiger partial charge in [0, 0.05) is 11.1 Å². The normalized spacial score (nSPS) is 10.6. The molecule has 0 N–H and O–H groups in total. The molecule has 0 bridgehead atoms. The summed E-state index contributed by atoms with van der Waals surface area (Å²) in [6.07, 6.45) is 0. The van der Waals surface area contributed by atoms with Gasteiger partial charge in [0.1, 0.15) is 5.65 Å². The minimum Gasteiger partial charge on any atom is -0.296 e. The van der Waals surface area contributed by atoms with Crippen molar-refractivity contribution in [2.45, 2.75) is 27.7 Å². The molecule has 4 aromatic rings. The van der Waals surface area contributed by atoms with Gasteiger partial charge in [-0.25, -0.2) is 4.98 Å². The first kappa shape index (κ1) is 15.1. The van der Waals surface area contributed by atoms with Crippen LogP contribution in [0.25, 0.3) is 27.5 Å². The van der Waals surface area contributed by atoms with Crippen LogP contribution in [-0.4, -0.2) is 9.38 Å². The summed E-state index contributed by atoms with van der Waals surface area (Å²) < 4.78 is 2.21. The van der Waals surface area contributed by atoms with Crippen LogP contribution in [0.1, 0.15) is 30.7 Å². The molecule has 3 heteroatoms. The van der Waals surface area contributed by atoms with E-state index in [1.807, 2.05) is 50.2 Å². The summed E-state index contributed by atoms with van der Waals surface area (Å²) >= 11 is 0. The Labute approximate surface area is 135 Å². The molecule has 0 fully saturated rings. The fourth-order valence-corrected chi connectivity index (χ4v) is 3.03. The maximum Gasteiger partial charge on any atom is 0.146 e. The second-order valence-corrected chi connectivity index (χ2v) is 5.34. The molecule has 23 heavy (non-hydrogen) atoms. The number of hydrogen-bond acceptors (Lipinski definition) is 2. The number of para-hydroxylation sites is 2. The second kappa shape index (κ2) is 5.73. The Balaban J connectivity index is 0.000000753. The van der Waals surface area contributed by atoms with Crippen molar-refractivity contribution in [3.05, 3.63) is 59.3 Å². The smallest absolute Gasteiger partial charge is 0.146 e. The van der Waals surface area contributed by atoms with E-state index in [0.29, 0.717) is 5.56 Å². The molecule has 4 rings (SSSR count). The van der Waals surface area contributed by atoms with Gasteiger partial charge in [0.05, 0.1) is 22.7 Å². The fraction of sp³-hybridized carbons (Fsp3) is 0.200. The number of aryl methyl sites for hydroxylation is 2. The van der Waals surface area contributed by atoms with Crippen LogP contribution in [0.5, 0.6) is 0 Å². The van der Waals surface area contributed by atoms with E-state index in [9.17, 15) is 0 Å². The molecule has 0 atom stereocenters. The van der Waals surface area contributed by atoms with Crippen LogP contribution in [0.3, 0.4) is 0 Å². The third kappa shape index (κ3) is 2.15. The van der Waals surface area contributed by atoms with Crippen molar-refractivity contribution in [3.8, 4) is 6.07 Å². The predicted molar refractivity (Wildman–Crippen MR) is 95.7 cm³/mol. The summed E-state index contributed by atoms with van der Waals surface area (Å²) in [6.45, 7) is 8.21. The summed E-state index contributed by atoms with van der Waals surface area (Å²) in [5.74, 6) is 0. The molecule has 0 saturated heterocycles. The van der Waals surface area contributed by atoms with Crippen LogP contribution in [0, 0.1) is 25.2 Å². The summed E-state index contributed by atoms with van der Waals surface area (Å²) in [5, 5.41) is 11.3. The molecule has 0 radical (unpaired) electrons. The lowest BCUT2D eigenvalue weighted by atomic mass is 10.0. The molecular weight excluding hydrogens is 282 g/mol. The number of benzene rings is 2. The quantitative estimate of drug-likeness (QED) is 0.450. The van der Waals surface area contributed by atoms with Gasteiger partial charge < -0.3 is 0 Å². The average Bonchev–Trinajstić information content (AvgIpc) is 3.00. The van der Waals surface area contributed by atoms with Gasteiger partial charge in [0.25, 0.3) is 0 Å². The summed E-state index contributed by atoms with van der Waals surface area (Å²) in [7, 11) is 0. The van der Waals surface area contributed by atoms with Crippen molar-refractivity contribution in [1.29, 1.82) is 5.26 Å². The van der Waals surface area contributed by atoms with E-state index in [1.54, 1.807) is 0 Å². The van der Waals surface area contributed by atoms with E-state index >= 15 is 0 Å². The maximum atomic E-state index is 9.11. The number of rotatable bonds is 0. The van der Waals surface area contributed by atoms with Crippen LogP contribution >= 0.6 is 0 Å². The maximum absolute atomic E-state index is 9.11. The van der Waals surface area contributed by atoms with E-state index < -0.39 is 0 Å². The molecule has 3 nitrogen and oxygen atoms in total. The average molecular weight is 301 g/mol. The predicted octanol–water partition coefficient (Wildman–Crippen LogP) is 5.16. The monoisotopic (exact) mass is 301 g/mol. The van der Waals surface area contributed by atoms with E-state index in [4.69, 9.17) is 10.2 Å².